The highest BCUT2D eigenvalue weighted by molar-refractivity contribution is 7.92. The number of carboxylic acids is 1. The van der Waals surface area contributed by atoms with E-state index < -0.39 is 33.0 Å². The molecule has 0 saturated heterocycles. The number of carbonyl (C=O) groups is 2. The summed E-state index contributed by atoms with van der Waals surface area (Å²) in [4.78, 5) is 22.4. The lowest BCUT2D eigenvalue weighted by Crippen LogP contribution is -2.47. The first kappa shape index (κ1) is 15.9. The molecule has 17 heavy (non-hydrogen) atoms. The molecule has 100 valence electrons. The third-order valence-corrected chi connectivity index (χ3v) is 3.83. The second kappa shape index (κ2) is 6.00. The predicted molar refractivity (Wildman–Crippen MR) is 63.3 cm³/mol. The van der Waals surface area contributed by atoms with E-state index in [1.54, 1.807) is 0 Å². The topological polar surface area (TPSA) is 101 Å². The van der Waals surface area contributed by atoms with Gasteiger partial charge in [0.25, 0.3) is 0 Å². The van der Waals surface area contributed by atoms with Crippen molar-refractivity contribution in [2.75, 3.05) is 6.26 Å². The molecular weight excluding hydrogens is 246 g/mol. The maximum atomic E-state index is 11.5. The number of nitrogens with one attached hydrogen (secondary N) is 1. The molecule has 0 radical (unpaired) electrons. The van der Waals surface area contributed by atoms with E-state index >= 15 is 0 Å². The minimum absolute atomic E-state index is 0.0879. The van der Waals surface area contributed by atoms with Crippen LogP contribution in [0.3, 0.4) is 0 Å². The highest BCUT2D eigenvalue weighted by Gasteiger charge is 2.28. The first-order valence-electron chi connectivity index (χ1n) is 5.27. The Kier molecular flexibility index (Phi) is 5.60. The van der Waals surface area contributed by atoms with Gasteiger partial charge in [0.1, 0.15) is 11.3 Å². The van der Waals surface area contributed by atoms with Crippen molar-refractivity contribution in [1.82, 2.24) is 5.32 Å². The zero-order chi connectivity index (χ0) is 13.8. The number of carbonyl (C=O) groups excluding carboxylic acids is 1. The summed E-state index contributed by atoms with van der Waals surface area (Å²) in [5.41, 5.74) is 0. The number of carboxylic acid groups (broad SMARTS) is 1. The summed E-state index contributed by atoms with van der Waals surface area (Å²) >= 11 is 0. The summed E-state index contributed by atoms with van der Waals surface area (Å²) in [6.45, 7) is 4.88. The van der Waals surface area contributed by atoms with Crippen LogP contribution in [0.25, 0.3) is 0 Å². The molecule has 0 bridgehead atoms. The SMILES string of the molecule is CC(C)C[C@H](NC(=O)C(C)S(C)(=O)=O)C(=O)O. The van der Waals surface area contributed by atoms with Crippen molar-refractivity contribution >= 4 is 21.7 Å². The number of amides is 1. The minimum atomic E-state index is -3.51. The van der Waals surface area contributed by atoms with Crippen molar-refractivity contribution < 1.29 is 23.1 Å². The molecule has 2 atom stereocenters. The van der Waals surface area contributed by atoms with E-state index in [0.29, 0.717) is 0 Å². The van der Waals surface area contributed by atoms with Crippen LogP contribution >= 0.6 is 0 Å². The number of sulfone groups is 1. The maximum Gasteiger partial charge on any atom is 0.326 e. The van der Waals surface area contributed by atoms with E-state index in [0.717, 1.165) is 6.26 Å². The normalized spacial score (nSPS) is 15.4. The van der Waals surface area contributed by atoms with Gasteiger partial charge in [-0.05, 0) is 19.3 Å². The summed E-state index contributed by atoms with van der Waals surface area (Å²) < 4.78 is 22.3. The Hall–Kier alpha value is -1.11. The molecule has 0 aromatic rings. The van der Waals surface area contributed by atoms with Crippen molar-refractivity contribution in [2.45, 2.75) is 38.5 Å². The number of hydrogen-bond acceptors (Lipinski definition) is 4. The number of rotatable bonds is 6. The second-order valence-corrected chi connectivity index (χ2v) is 6.87. The predicted octanol–water partition coefficient (Wildman–Crippen LogP) is 0.0350. The zero-order valence-electron chi connectivity index (χ0n) is 10.4. The van der Waals surface area contributed by atoms with Gasteiger partial charge in [0.05, 0.1) is 0 Å². The Morgan fingerprint density at radius 3 is 2.00 bits per heavy atom. The monoisotopic (exact) mass is 265 g/mol. The van der Waals surface area contributed by atoms with Crippen molar-refractivity contribution in [2.24, 2.45) is 5.92 Å². The molecule has 0 spiro atoms. The van der Waals surface area contributed by atoms with E-state index in [1.807, 2.05) is 13.8 Å². The van der Waals surface area contributed by atoms with Gasteiger partial charge in [0.2, 0.25) is 5.91 Å². The Morgan fingerprint density at radius 1 is 1.24 bits per heavy atom. The lowest BCUT2D eigenvalue weighted by Gasteiger charge is -2.18. The molecular formula is C10H19NO5S. The largest absolute Gasteiger partial charge is 0.480 e. The van der Waals surface area contributed by atoms with Crippen molar-refractivity contribution in [3.05, 3.63) is 0 Å². The average molecular weight is 265 g/mol. The van der Waals surface area contributed by atoms with Gasteiger partial charge in [-0.25, -0.2) is 13.2 Å². The molecule has 0 aliphatic rings. The zero-order valence-corrected chi connectivity index (χ0v) is 11.2. The molecule has 1 unspecified atom stereocenters. The molecule has 2 N–H and O–H groups in total. The summed E-state index contributed by atoms with van der Waals surface area (Å²) in [6.07, 6.45) is 1.20. The van der Waals surface area contributed by atoms with E-state index in [9.17, 15) is 18.0 Å². The molecule has 0 aliphatic heterocycles. The number of aliphatic carboxylic acids is 1. The molecule has 0 aromatic carbocycles. The highest BCUT2D eigenvalue weighted by Crippen LogP contribution is 2.06. The molecule has 0 fully saturated rings. The first-order chi connectivity index (χ1) is 7.55. The lowest BCUT2D eigenvalue weighted by atomic mass is 10.0. The van der Waals surface area contributed by atoms with Crippen LogP contribution in [-0.4, -0.2) is 42.9 Å². The van der Waals surface area contributed by atoms with Crippen LogP contribution in [0.15, 0.2) is 0 Å². The smallest absolute Gasteiger partial charge is 0.326 e. The van der Waals surface area contributed by atoms with Crippen LogP contribution in [0, 0.1) is 5.92 Å². The minimum Gasteiger partial charge on any atom is -0.480 e. The van der Waals surface area contributed by atoms with Gasteiger partial charge in [-0.15, -0.1) is 0 Å². The molecule has 0 rings (SSSR count). The third-order valence-electron chi connectivity index (χ3n) is 2.33. The Bertz CT molecular complexity index is 388. The molecule has 0 saturated carbocycles. The van der Waals surface area contributed by atoms with Gasteiger partial charge in [0.15, 0.2) is 9.84 Å². The molecule has 7 heteroatoms. The maximum absolute atomic E-state index is 11.5. The summed E-state index contributed by atoms with van der Waals surface area (Å²) in [7, 11) is -3.51. The van der Waals surface area contributed by atoms with E-state index in [4.69, 9.17) is 5.11 Å². The van der Waals surface area contributed by atoms with Crippen LogP contribution in [0.4, 0.5) is 0 Å². The third kappa shape index (κ3) is 5.67. The molecule has 0 aliphatic carbocycles. The van der Waals surface area contributed by atoms with Crippen LogP contribution in [0.1, 0.15) is 27.2 Å². The molecule has 0 heterocycles. The van der Waals surface area contributed by atoms with Crippen molar-refractivity contribution in [3.63, 3.8) is 0 Å². The van der Waals surface area contributed by atoms with Crippen LogP contribution < -0.4 is 5.32 Å². The fourth-order valence-corrected chi connectivity index (χ4v) is 1.63. The van der Waals surface area contributed by atoms with E-state index in [2.05, 4.69) is 5.32 Å². The standard InChI is InChI=1S/C10H19NO5S/c1-6(2)5-8(10(13)14)11-9(12)7(3)17(4,15)16/h6-8H,5H2,1-4H3,(H,11,12)(H,13,14)/t7?,8-/m0/s1. The van der Waals surface area contributed by atoms with E-state index in [1.165, 1.54) is 6.92 Å². The summed E-state index contributed by atoms with van der Waals surface area (Å²) in [5.74, 6) is -1.85. The fraction of sp³-hybridized carbons (Fsp3) is 0.800. The Balaban J connectivity index is 4.68. The van der Waals surface area contributed by atoms with Gasteiger partial charge < -0.3 is 10.4 Å². The Morgan fingerprint density at radius 2 is 1.71 bits per heavy atom. The highest BCUT2D eigenvalue weighted by atomic mass is 32.2. The lowest BCUT2D eigenvalue weighted by molar-refractivity contribution is -0.142. The van der Waals surface area contributed by atoms with Crippen molar-refractivity contribution in [1.29, 1.82) is 0 Å². The van der Waals surface area contributed by atoms with Gasteiger partial charge in [-0.3, -0.25) is 4.79 Å². The molecule has 0 aromatic heterocycles. The van der Waals surface area contributed by atoms with Crippen LogP contribution in [0.2, 0.25) is 0 Å². The summed E-state index contributed by atoms with van der Waals surface area (Å²) in [5, 5.41) is 9.89. The molecule has 6 nitrogen and oxygen atoms in total. The number of hydrogen-bond donors (Lipinski definition) is 2. The van der Waals surface area contributed by atoms with Crippen molar-refractivity contribution in [3.8, 4) is 0 Å². The fourth-order valence-electron chi connectivity index (χ4n) is 1.18. The van der Waals surface area contributed by atoms with Crippen LogP contribution in [0.5, 0.6) is 0 Å². The van der Waals surface area contributed by atoms with Crippen LogP contribution in [-0.2, 0) is 19.4 Å². The average Bonchev–Trinajstić information content (AvgIpc) is 2.13. The molecule has 1 amide bonds. The quantitative estimate of drug-likeness (QED) is 0.706. The van der Waals surface area contributed by atoms with E-state index in [-0.39, 0.29) is 12.3 Å². The Labute approximate surface area is 101 Å². The van der Waals surface area contributed by atoms with Gasteiger partial charge >= 0.3 is 5.97 Å². The second-order valence-electron chi connectivity index (χ2n) is 4.50. The van der Waals surface area contributed by atoms with Gasteiger partial charge in [-0.2, -0.15) is 0 Å². The van der Waals surface area contributed by atoms with Gasteiger partial charge in [-0.1, -0.05) is 13.8 Å². The van der Waals surface area contributed by atoms with Gasteiger partial charge in [0, 0.05) is 6.26 Å². The first-order valence-corrected chi connectivity index (χ1v) is 7.23. The summed E-state index contributed by atoms with van der Waals surface area (Å²) in [6, 6.07) is -1.05.